The van der Waals surface area contributed by atoms with Crippen LogP contribution in [0.2, 0.25) is 0 Å². The molecule has 0 radical (unpaired) electrons. The molecule has 0 amide bonds. The van der Waals surface area contributed by atoms with Crippen molar-refractivity contribution in [1.82, 2.24) is 5.32 Å². The van der Waals surface area contributed by atoms with E-state index in [9.17, 15) is 0 Å². The SMILES string of the molecule is N[C@H]1CC[C@H](NC(=S)C23CC4CC(c5ccccc5)(CC(C2)C4CC2CC2)C3)CC1. The van der Waals surface area contributed by atoms with Crippen molar-refractivity contribution in [2.45, 2.75) is 94.5 Å². The molecule has 2 atom stereocenters. The van der Waals surface area contributed by atoms with Gasteiger partial charge in [0.15, 0.2) is 0 Å². The maximum Gasteiger partial charge on any atom is 0.0818 e. The van der Waals surface area contributed by atoms with Gasteiger partial charge in [0.25, 0.3) is 0 Å². The first-order valence-electron chi connectivity index (χ1n) is 12.7. The van der Waals surface area contributed by atoms with Crippen molar-refractivity contribution in [1.29, 1.82) is 0 Å². The second kappa shape index (κ2) is 7.30. The molecule has 1 aromatic rings. The lowest BCUT2D eigenvalue weighted by atomic mass is 9.39. The summed E-state index contributed by atoms with van der Waals surface area (Å²) >= 11 is 6.25. The smallest absolute Gasteiger partial charge is 0.0818 e. The fourth-order valence-corrected chi connectivity index (χ4v) is 8.77. The maximum atomic E-state index is 6.25. The number of benzene rings is 1. The minimum Gasteiger partial charge on any atom is -0.376 e. The number of nitrogens with two attached hydrogens (primary N) is 1. The van der Waals surface area contributed by atoms with E-state index in [1.807, 2.05) is 0 Å². The van der Waals surface area contributed by atoms with Gasteiger partial charge in [-0.1, -0.05) is 55.4 Å². The number of nitrogens with one attached hydrogen (secondary N) is 1. The predicted octanol–water partition coefficient (Wildman–Crippen LogP) is 5.74. The molecule has 7 rings (SSSR count). The molecule has 0 aliphatic heterocycles. The van der Waals surface area contributed by atoms with E-state index in [-0.39, 0.29) is 5.41 Å². The van der Waals surface area contributed by atoms with Crippen LogP contribution in [-0.4, -0.2) is 17.1 Å². The monoisotopic (exact) mass is 422 g/mol. The summed E-state index contributed by atoms with van der Waals surface area (Å²) in [4.78, 5) is 1.22. The largest absolute Gasteiger partial charge is 0.376 e. The molecule has 2 unspecified atom stereocenters. The maximum absolute atomic E-state index is 6.25. The molecule has 0 aromatic heterocycles. The summed E-state index contributed by atoms with van der Waals surface area (Å²) in [5, 5.41) is 3.91. The zero-order valence-electron chi connectivity index (χ0n) is 18.3. The Bertz CT molecular complexity index is 776. The van der Waals surface area contributed by atoms with E-state index in [1.54, 1.807) is 5.56 Å². The fraction of sp³-hybridized carbons (Fsp3) is 0.741. The molecule has 6 aliphatic rings. The number of hydrogen-bond acceptors (Lipinski definition) is 2. The van der Waals surface area contributed by atoms with Crippen molar-refractivity contribution in [3.63, 3.8) is 0 Å². The zero-order valence-corrected chi connectivity index (χ0v) is 19.1. The molecule has 4 bridgehead atoms. The third-order valence-corrected chi connectivity index (χ3v) is 10.3. The van der Waals surface area contributed by atoms with Crippen molar-refractivity contribution in [3.8, 4) is 0 Å². The van der Waals surface area contributed by atoms with Crippen molar-refractivity contribution in [2.24, 2.45) is 34.8 Å². The Balaban J connectivity index is 1.28. The minimum absolute atomic E-state index is 0.247. The molecule has 30 heavy (non-hydrogen) atoms. The molecule has 0 spiro atoms. The molecular weight excluding hydrogens is 384 g/mol. The van der Waals surface area contributed by atoms with Gasteiger partial charge in [-0.05, 0) is 98.9 Å². The van der Waals surface area contributed by atoms with E-state index in [4.69, 9.17) is 18.0 Å². The van der Waals surface area contributed by atoms with Gasteiger partial charge in [0.2, 0.25) is 0 Å². The van der Waals surface area contributed by atoms with Gasteiger partial charge in [-0.2, -0.15) is 0 Å². The summed E-state index contributed by atoms with van der Waals surface area (Å²) in [6.07, 6.45) is 16.0. The average Bonchev–Trinajstić information content (AvgIpc) is 3.57. The van der Waals surface area contributed by atoms with Crippen LogP contribution in [0.5, 0.6) is 0 Å². The minimum atomic E-state index is 0.247. The van der Waals surface area contributed by atoms with Crippen LogP contribution < -0.4 is 11.1 Å². The summed E-state index contributed by atoms with van der Waals surface area (Å²) < 4.78 is 0. The summed E-state index contributed by atoms with van der Waals surface area (Å²) in [6.45, 7) is 0. The van der Waals surface area contributed by atoms with Crippen LogP contribution in [0.25, 0.3) is 0 Å². The molecule has 162 valence electrons. The van der Waals surface area contributed by atoms with Crippen molar-refractivity contribution in [2.75, 3.05) is 0 Å². The molecule has 6 fully saturated rings. The van der Waals surface area contributed by atoms with Crippen molar-refractivity contribution in [3.05, 3.63) is 35.9 Å². The highest BCUT2D eigenvalue weighted by Gasteiger charge is 2.63. The van der Waals surface area contributed by atoms with Crippen molar-refractivity contribution >= 4 is 17.2 Å². The second-order valence-corrected chi connectivity index (χ2v) is 12.3. The summed E-state index contributed by atoms with van der Waals surface area (Å²) in [6, 6.07) is 12.5. The Kier molecular flexibility index (Phi) is 4.80. The van der Waals surface area contributed by atoms with Gasteiger partial charge >= 0.3 is 0 Å². The zero-order chi connectivity index (χ0) is 20.3. The van der Waals surface area contributed by atoms with Gasteiger partial charge in [-0.3, -0.25) is 0 Å². The molecular formula is C27H38N2S. The van der Waals surface area contributed by atoms with Crippen LogP contribution in [0.1, 0.15) is 82.6 Å². The Labute approximate surface area is 187 Å². The van der Waals surface area contributed by atoms with Crippen LogP contribution >= 0.6 is 12.2 Å². The Hall–Kier alpha value is -0.930. The Morgan fingerprint density at radius 1 is 0.933 bits per heavy atom. The number of thiocarbonyl (C=S) groups is 1. The van der Waals surface area contributed by atoms with E-state index in [0.29, 0.717) is 17.5 Å². The normalized spacial score (nSPS) is 44.8. The first-order chi connectivity index (χ1) is 14.6. The Morgan fingerprint density at radius 2 is 1.60 bits per heavy atom. The van der Waals surface area contributed by atoms with E-state index < -0.39 is 0 Å². The summed E-state index contributed by atoms with van der Waals surface area (Å²) in [5.74, 6) is 3.78. The highest BCUT2D eigenvalue weighted by Crippen LogP contribution is 2.69. The highest BCUT2D eigenvalue weighted by molar-refractivity contribution is 7.80. The Morgan fingerprint density at radius 3 is 2.23 bits per heavy atom. The summed E-state index contributed by atoms with van der Waals surface area (Å²) in [5.41, 5.74) is 8.37. The van der Waals surface area contributed by atoms with Gasteiger partial charge in [-0.15, -0.1) is 0 Å². The lowest BCUT2D eigenvalue weighted by Crippen LogP contribution is -2.62. The molecule has 1 aromatic carbocycles. The van der Waals surface area contributed by atoms with E-state index in [1.165, 1.54) is 69.2 Å². The molecule has 2 nitrogen and oxygen atoms in total. The second-order valence-electron chi connectivity index (χ2n) is 11.9. The quantitative estimate of drug-likeness (QED) is 0.594. The van der Waals surface area contributed by atoms with Gasteiger partial charge < -0.3 is 11.1 Å². The third-order valence-electron chi connectivity index (χ3n) is 9.78. The molecule has 6 aliphatic carbocycles. The molecule has 3 N–H and O–H groups in total. The predicted molar refractivity (Wildman–Crippen MR) is 127 cm³/mol. The fourth-order valence-electron chi connectivity index (χ4n) is 8.37. The lowest BCUT2D eigenvalue weighted by Gasteiger charge is -2.65. The first kappa shape index (κ1) is 19.7. The van der Waals surface area contributed by atoms with Crippen LogP contribution in [0, 0.1) is 29.1 Å². The molecule has 0 saturated heterocycles. The van der Waals surface area contributed by atoms with Crippen LogP contribution in [0.3, 0.4) is 0 Å². The van der Waals surface area contributed by atoms with Gasteiger partial charge in [0.05, 0.1) is 4.99 Å². The van der Waals surface area contributed by atoms with Crippen LogP contribution in [0.4, 0.5) is 0 Å². The van der Waals surface area contributed by atoms with Gasteiger partial charge in [0, 0.05) is 17.5 Å². The topological polar surface area (TPSA) is 38.0 Å². The van der Waals surface area contributed by atoms with Gasteiger partial charge in [-0.25, -0.2) is 0 Å². The summed E-state index contributed by atoms with van der Waals surface area (Å²) in [7, 11) is 0. The van der Waals surface area contributed by atoms with E-state index >= 15 is 0 Å². The number of rotatable bonds is 5. The van der Waals surface area contributed by atoms with Crippen molar-refractivity contribution < 1.29 is 0 Å². The first-order valence-corrected chi connectivity index (χ1v) is 13.1. The lowest BCUT2D eigenvalue weighted by molar-refractivity contribution is -0.0854. The highest BCUT2D eigenvalue weighted by atomic mass is 32.1. The standard InChI is InChI=1S/C27H38N2S/c28-22-8-10-23(11-9-22)29-25(30)27-15-19-13-26(17-27,21-4-2-1-3-5-21)14-20(16-27)24(19)12-18-6-7-18/h1-5,18-20,22-24H,6-17,28H2,(H,29,30)/t19?,20?,22-,23-,24?,26?,27?. The number of hydrogen-bond donors (Lipinski definition) is 2. The molecule has 6 saturated carbocycles. The van der Waals surface area contributed by atoms with E-state index in [2.05, 4.69) is 35.6 Å². The molecule has 3 heteroatoms. The van der Waals surface area contributed by atoms with Crippen LogP contribution in [-0.2, 0) is 5.41 Å². The van der Waals surface area contributed by atoms with Crippen LogP contribution in [0.15, 0.2) is 30.3 Å². The average molecular weight is 423 g/mol. The third kappa shape index (κ3) is 3.35. The van der Waals surface area contributed by atoms with Gasteiger partial charge in [0.1, 0.15) is 0 Å². The van der Waals surface area contributed by atoms with E-state index in [0.717, 1.165) is 36.5 Å². The molecule has 0 heterocycles.